The van der Waals surface area contributed by atoms with E-state index in [1.807, 2.05) is 0 Å². The molecule has 19 heavy (non-hydrogen) atoms. The van der Waals surface area contributed by atoms with Crippen molar-refractivity contribution in [3.63, 3.8) is 0 Å². The van der Waals surface area contributed by atoms with E-state index in [1.165, 1.54) is 6.92 Å². The maximum atomic E-state index is 11.6. The SMILES string of the molecule is COCCC1(CNC(=O)NC(C(=O)O)C(C)O)CC1. The highest BCUT2D eigenvalue weighted by atomic mass is 16.5. The van der Waals surface area contributed by atoms with Gasteiger partial charge in [-0.25, -0.2) is 9.59 Å². The fraction of sp³-hybridized carbons (Fsp3) is 0.833. The van der Waals surface area contributed by atoms with E-state index in [0.29, 0.717) is 13.2 Å². The molecule has 1 aliphatic carbocycles. The maximum absolute atomic E-state index is 11.6. The zero-order valence-corrected chi connectivity index (χ0v) is 11.3. The summed E-state index contributed by atoms with van der Waals surface area (Å²) in [4.78, 5) is 22.4. The number of carbonyl (C=O) groups is 2. The van der Waals surface area contributed by atoms with E-state index in [0.717, 1.165) is 19.3 Å². The van der Waals surface area contributed by atoms with Gasteiger partial charge in [-0.15, -0.1) is 0 Å². The van der Waals surface area contributed by atoms with Gasteiger partial charge in [-0.2, -0.15) is 0 Å². The number of aliphatic hydroxyl groups is 1. The van der Waals surface area contributed by atoms with Gasteiger partial charge in [0, 0.05) is 20.3 Å². The summed E-state index contributed by atoms with van der Waals surface area (Å²) in [6.07, 6.45) is 1.81. The first-order valence-corrected chi connectivity index (χ1v) is 6.34. The van der Waals surface area contributed by atoms with Crippen LogP contribution in [0.1, 0.15) is 26.2 Å². The van der Waals surface area contributed by atoms with Gasteiger partial charge in [0.2, 0.25) is 0 Å². The normalized spacial score (nSPS) is 19.3. The molecule has 1 saturated carbocycles. The molecule has 0 aromatic heterocycles. The minimum absolute atomic E-state index is 0.0941. The molecule has 0 aromatic rings. The summed E-state index contributed by atoms with van der Waals surface area (Å²) in [6.45, 7) is 2.46. The molecule has 2 atom stereocenters. The number of hydrogen-bond donors (Lipinski definition) is 4. The molecular formula is C12H22N2O5. The summed E-state index contributed by atoms with van der Waals surface area (Å²) in [6, 6.07) is -1.87. The van der Waals surface area contributed by atoms with Gasteiger partial charge in [0.15, 0.2) is 6.04 Å². The summed E-state index contributed by atoms with van der Waals surface area (Å²) < 4.78 is 5.01. The van der Waals surface area contributed by atoms with E-state index in [1.54, 1.807) is 7.11 Å². The molecule has 1 rings (SSSR count). The van der Waals surface area contributed by atoms with Gasteiger partial charge in [0.25, 0.3) is 0 Å². The van der Waals surface area contributed by atoms with Crippen LogP contribution in [0.25, 0.3) is 0 Å². The lowest BCUT2D eigenvalue weighted by atomic mass is 10.0. The van der Waals surface area contributed by atoms with Gasteiger partial charge in [0.05, 0.1) is 6.10 Å². The molecular weight excluding hydrogens is 252 g/mol. The van der Waals surface area contributed by atoms with Crippen molar-refractivity contribution >= 4 is 12.0 Å². The van der Waals surface area contributed by atoms with E-state index in [9.17, 15) is 14.7 Å². The second-order valence-corrected chi connectivity index (χ2v) is 5.13. The van der Waals surface area contributed by atoms with E-state index in [4.69, 9.17) is 9.84 Å². The number of rotatable bonds is 8. The number of ether oxygens (including phenoxy) is 1. The predicted molar refractivity (Wildman–Crippen MR) is 67.8 cm³/mol. The zero-order valence-electron chi connectivity index (χ0n) is 11.3. The lowest BCUT2D eigenvalue weighted by molar-refractivity contribution is -0.141. The molecule has 7 nitrogen and oxygen atoms in total. The average Bonchev–Trinajstić information content (AvgIpc) is 3.11. The van der Waals surface area contributed by atoms with Gasteiger partial charge in [-0.1, -0.05) is 0 Å². The molecule has 0 aliphatic heterocycles. The van der Waals surface area contributed by atoms with Crippen molar-refractivity contribution < 1.29 is 24.5 Å². The van der Waals surface area contributed by atoms with Crippen LogP contribution in [0.15, 0.2) is 0 Å². The van der Waals surface area contributed by atoms with Crippen molar-refractivity contribution in [2.45, 2.75) is 38.3 Å². The number of urea groups is 1. The lowest BCUT2D eigenvalue weighted by Crippen LogP contribution is -2.51. The van der Waals surface area contributed by atoms with Crippen molar-refractivity contribution in [3.8, 4) is 0 Å². The first kappa shape index (κ1) is 15.7. The van der Waals surface area contributed by atoms with Crippen LogP contribution in [-0.4, -0.2) is 54.6 Å². The van der Waals surface area contributed by atoms with Gasteiger partial charge in [-0.3, -0.25) is 0 Å². The number of hydrogen-bond acceptors (Lipinski definition) is 4. The largest absolute Gasteiger partial charge is 0.480 e. The number of aliphatic carboxylic acids is 1. The Bertz CT molecular complexity index is 328. The van der Waals surface area contributed by atoms with Crippen molar-refractivity contribution in [1.82, 2.24) is 10.6 Å². The molecule has 2 unspecified atom stereocenters. The van der Waals surface area contributed by atoms with Gasteiger partial charge in [-0.05, 0) is 31.6 Å². The molecule has 0 saturated heterocycles. The van der Waals surface area contributed by atoms with E-state index in [-0.39, 0.29) is 5.41 Å². The van der Waals surface area contributed by atoms with Gasteiger partial charge >= 0.3 is 12.0 Å². The number of amides is 2. The van der Waals surface area contributed by atoms with Gasteiger partial charge in [0.1, 0.15) is 0 Å². The van der Waals surface area contributed by atoms with Crippen LogP contribution >= 0.6 is 0 Å². The quantitative estimate of drug-likeness (QED) is 0.496. The summed E-state index contributed by atoms with van der Waals surface area (Å²) in [5.74, 6) is -1.26. The van der Waals surface area contributed by atoms with E-state index >= 15 is 0 Å². The van der Waals surface area contributed by atoms with Crippen LogP contribution in [0.4, 0.5) is 4.79 Å². The monoisotopic (exact) mass is 274 g/mol. The number of carboxylic acid groups (broad SMARTS) is 1. The molecule has 1 aliphatic rings. The van der Waals surface area contributed by atoms with Crippen LogP contribution in [0, 0.1) is 5.41 Å². The van der Waals surface area contributed by atoms with Crippen LogP contribution in [0.2, 0.25) is 0 Å². The number of carbonyl (C=O) groups excluding carboxylic acids is 1. The standard InChI is InChI=1S/C12H22N2O5/c1-8(15)9(10(16)17)14-11(18)13-7-12(3-4-12)5-6-19-2/h8-9,15H,3-7H2,1-2H3,(H,16,17)(H2,13,14,18). The van der Waals surface area contributed by atoms with Crippen LogP contribution < -0.4 is 10.6 Å². The minimum Gasteiger partial charge on any atom is -0.480 e. The molecule has 0 spiro atoms. The highest BCUT2D eigenvalue weighted by Crippen LogP contribution is 2.48. The second-order valence-electron chi connectivity index (χ2n) is 5.13. The van der Waals surface area contributed by atoms with E-state index in [2.05, 4.69) is 10.6 Å². The Kier molecular flexibility index (Phi) is 5.56. The van der Waals surface area contributed by atoms with Crippen LogP contribution in [0.3, 0.4) is 0 Å². The first-order chi connectivity index (χ1) is 8.90. The van der Waals surface area contributed by atoms with Crippen molar-refractivity contribution in [1.29, 1.82) is 0 Å². The molecule has 0 heterocycles. The summed E-state index contributed by atoms with van der Waals surface area (Å²) in [5.41, 5.74) is 0.0941. The highest BCUT2D eigenvalue weighted by molar-refractivity contribution is 5.82. The molecule has 0 bridgehead atoms. The topological polar surface area (TPSA) is 108 Å². The Morgan fingerprint density at radius 1 is 1.42 bits per heavy atom. The maximum Gasteiger partial charge on any atom is 0.328 e. The fourth-order valence-corrected chi connectivity index (χ4v) is 1.86. The first-order valence-electron chi connectivity index (χ1n) is 6.34. The number of aliphatic hydroxyl groups excluding tert-OH is 1. The average molecular weight is 274 g/mol. The zero-order chi connectivity index (χ0) is 14.5. The Hall–Kier alpha value is -1.34. The van der Waals surface area contributed by atoms with Crippen molar-refractivity contribution in [2.24, 2.45) is 5.41 Å². The van der Waals surface area contributed by atoms with E-state index < -0.39 is 24.1 Å². The fourth-order valence-electron chi connectivity index (χ4n) is 1.86. The molecule has 0 radical (unpaired) electrons. The van der Waals surface area contributed by atoms with Crippen molar-refractivity contribution in [2.75, 3.05) is 20.3 Å². The minimum atomic E-state index is -1.30. The smallest absolute Gasteiger partial charge is 0.328 e. The third-order valence-electron chi connectivity index (χ3n) is 3.45. The highest BCUT2D eigenvalue weighted by Gasteiger charge is 2.42. The molecule has 110 valence electrons. The Labute approximate surface area is 112 Å². The number of nitrogens with one attached hydrogen (secondary N) is 2. The van der Waals surface area contributed by atoms with Crippen LogP contribution in [-0.2, 0) is 9.53 Å². The molecule has 1 fully saturated rings. The number of methoxy groups -OCH3 is 1. The third-order valence-corrected chi connectivity index (χ3v) is 3.45. The second kappa shape index (κ2) is 6.72. The van der Waals surface area contributed by atoms with Crippen LogP contribution in [0.5, 0.6) is 0 Å². The Morgan fingerprint density at radius 2 is 2.05 bits per heavy atom. The van der Waals surface area contributed by atoms with Crippen molar-refractivity contribution in [3.05, 3.63) is 0 Å². The molecule has 0 aromatic carbocycles. The summed E-state index contributed by atoms with van der Waals surface area (Å²) in [7, 11) is 1.64. The third kappa shape index (κ3) is 5.04. The van der Waals surface area contributed by atoms with Gasteiger partial charge < -0.3 is 25.6 Å². The Morgan fingerprint density at radius 3 is 2.47 bits per heavy atom. The molecule has 2 amide bonds. The summed E-state index contributed by atoms with van der Waals surface area (Å²) in [5, 5.41) is 23.0. The Balaban J connectivity index is 2.33. The molecule has 7 heteroatoms. The molecule has 4 N–H and O–H groups in total. The lowest BCUT2D eigenvalue weighted by Gasteiger charge is -2.19. The summed E-state index contributed by atoms with van der Waals surface area (Å²) >= 11 is 0. The predicted octanol–water partition coefficient (Wildman–Crippen LogP) is -0.0637. The number of carboxylic acids is 1.